The minimum Gasteiger partial charge on any atom is -0.359 e. The zero-order valence-corrected chi connectivity index (χ0v) is 14.3. The Hall–Kier alpha value is -2.89. The van der Waals surface area contributed by atoms with Crippen LogP contribution in [0, 0.1) is 0 Å². The molecule has 0 radical (unpaired) electrons. The van der Waals surface area contributed by atoms with Gasteiger partial charge >= 0.3 is 0 Å². The highest BCUT2D eigenvalue weighted by atomic mass is 16.5. The van der Waals surface area contributed by atoms with Gasteiger partial charge < -0.3 is 14.8 Å². The van der Waals surface area contributed by atoms with Gasteiger partial charge in [-0.05, 0) is 30.4 Å². The van der Waals surface area contributed by atoms with Crippen molar-refractivity contribution in [3.8, 4) is 0 Å². The quantitative estimate of drug-likeness (QED) is 0.721. The molecule has 0 spiro atoms. The number of benzene rings is 1. The van der Waals surface area contributed by atoms with Gasteiger partial charge in [0.15, 0.2) is 5.76 Å². The molecule has 1 amide bonds. The fourth-order valence-corrected chi connectivity index (χ4v) is 2.91. The molecular formula is C19H21N3O3. The molecule has 0 fully saturated rings. The van der Waals surface area contributed by atoms with Crippen LogP contribution in [-0.2, 0) is 6.54 Å². The smallest absolute Gasteiger partial charge is 0.268 e. The van der Waals surface area contributed by atoms with Gasteiger partial charge in [-0.3, -0.25) is 9.59 Å². The summed E-state index contributed by atoms with van der Waals surface area (Å²) in [6, 6.07) is 10.7. The molecule has 0 aliphatic rings. The van der Waals surface area contributed by atoms with Crippen LogP contribution < -0.4 is 10.9 Å². The lowest BCUT2D eigenvalue weighted by atomic mass is 9.99. The third-order valence-electron chi connectivity index (χ3n) is 4.40. The van der Waals surface area contributed by atoms with E-state index < -0.39 is 0 Å². The lowest BCUT2D eigenvalue weighted by Crippen LogP contribution is -2.25. The van der Waals surface area contributed by atoms with Crippen LogP contribution in [0.1, 0.15) is 54.5 Å². The molecule has 6 heteroatoms. The van der Waals surface area contributed by atoms with E-state index in [1.165, 1.54) is 0 Å². The molecule has 3 rings (SSSR count). The summed E-state index contributed by atoms with van der Waals surface area (Å²) in [5.41, 5.74) is 0.857. The standard InChI is InChI=1S/C19H21N3O3/c1-3-12(4-2)16-10-14(25-22-16)11-20-19(24)17-9-13-7-5-6-8-15(13)18(23)21-17/h5-10,12H,3-4,11H2,1-2H3,(H,20,24)(H,21,23). The zero-order valence-electron chi connectivity index (χ0n) is 14.3. The molecule has 0 aliphatic carbocycles. The van der Waals surface area contributed by atoms with E-state index in [1.807, 2.05) is 12.1 Å². The first-order chi connectivity index (χ1) is 12.1. The van der Waals surface area contributed by atoms with E-state index in [0.717, 1.165) is 23.9 Å². The molecular weight excluding hydrogens is 318 g/mol. The fourth-order valence-electron chi connectivity index (χ4n) is 2.91. The van der Waals surface area contributed by atoms with Crippen LogP contribution in [0.4, 0.5) is 0 Å². The molecule has 3 aromatic rings. The van der Waals surface area contributed by atoms with Crippen LogP contribution in [0.5, 0.6) is 0 Å². The first-order valence-electron chi connectivity index (χ1n) is 8.48. The van der Waals surface area contributed by atoms with Crippen LogP contribution in [0.2, 0.25) is 0 Å². The average Bonchev–Trinajstić information content (AvgIpc) is 3.09. The largest absolute Gasteiger partial charge is 0.359 e. The van der Waals surface area contributed by atoms with Gasteiger partial charge in [-0.2, -0.15) is 0 Å². The SMILES string of the molecule is CCC(CC)c1cc(CNC(=O)c2cc3ccccc3c(=O)[nH]2)on1. The number of nitrogens with zero attached hydrogens (tertiary/aromatic N) is 1. The first-order valence-corrected chi connectivity index (χ1v) is 8.48. The summed E-state index contributed by atoms with van der Waals surface area (Å²) in [6.45, 7) is 4.45. The second-order valence-electron chi connectivity index (χ2n) is 6.01. The van der Waals surface area contributed by atoms with Gasteiger partial charge in [0, 0.05) is 17.4 Å². The monoisotopic (exact) mass is 339 g/mol. The van der Waals surface area contributed by atoms with E-state index in [1.54, 1.807) is 24.3 Å². The van der Waals surface area contributed by atoms with Crippen molar-refractivity contribution >= 4 is 16.7 Å². The lowest BCUT2D eigenvalue weighted by Gasteiger charge is -2.06. The van der Waals surface area contributed by atoms with Gasteiger partial charge in [0.2, 0.25) is 0 Å². The second kappa shape index (κ2) is 7.34. The van der Waals surface area contributed by atoms with Crippen molar-refractivity contribution in [3.63, 3.8) is 0 Å². The zero-order chi connectivity index (χ0) is 17.8. The summed E-state index contributed by atoms with van der Waals surface area (Å²) in [5.74, 6) is 0.603. The van der Waals surface area contributed by atoms with Crippen molar-refractivity contribution in [1.82, 2.24) is 15.5 Å². The van der Waals surface area contributed by atoms with Gasteiger partial charge in [0.25, 0.3) is 11.5 Å². The number of nitrogens with one attached hydrogen (secondary N) is 2. The van der Waals surface area contributed by atoms with Crippen molar-refractivity contribution in [2.75, 3.05) is 0 Å². The normalized spacial score (nSPS) is 11.2. The summed E-state index contributed by atoms with van der Waals surface area (Å²) in [6.07, 6.45) is 1.99. The number of H-pyrrole nitrogens is 1. The van der Waals surface area contributed by atoms with E-state index in [0.29, 0.717) is 17.1 Å². The fraction of sp³-hybridized carbons (Fsp3) is 0.316. The van der Waals surface area contributed by atoms with Crippen LogP contribution >= 0.6 is 0 Å². The van der Waals surface area contributed by atoms with Gasteiger partial charge in [0.1, 0.15) is 5.69 Å². The Labute approximate surface area is 145 Å². The van der Waals surface area contributed by atoms with E-state index in [2.05, 4.69) is 29.3 Å². The number of pyridine rings is 1. The maximum absolute atomic E-state index is 12.3. The molecule has 2 heterocycles. The predicted molar refractivity (Wildman–Crippen MR) is 95.6 cm³/mol. The van der Waals surface area contributed by atoms with Crippen LogP contribution in [0.3, 0.4) is 0 Å². The van der Waals surface area contributed by atoms with Crippen LogP contribution in [-0.4, -0.2) is 16.0 Å². The molecule has 0 saturated heterocycles. The van der Waals surface area contributed by atoms with E-state index in [-0.39, 0.29) is 23.7 Å². The number of aromatic nitrogens is 2. The summed E-state index contributed by atoms with van der Waals surface area (Å²) in [7, 11) is 0. The number of carbonyl (C=O) groups is 1. The van der Waals surface area contributed by atoms with Gasteiger partial charge in [-0.1, -0.05) is 37.2 Å². The molecule has 130 valence electrons. The highest BCUT2D eigenvalue weighted by Gasteiger charge is 2.14. The Balaban J connectivity index is 1.72. The Morgan fingerprint density at radius 1 is 1.24 bits per heavy atom. The lowest BCUT2D eigenvalue weighted by molar-refractivity contribution is 0.0942. The molecule has 6 nitrogen and oxygen atoms in total. The summed E-state index contributed by atoms with van der Waals surface area (Å²) in [5, 5.41) is 8.12. The number of hydrogen-bond acceptors (Lipinski definition) is 4. The Morgan fingerprint density at radius 2 is 2.00 bits per heavy atom. The maximum atomic E-state index is 12.3. The second-order valence-corrected chi connectivity index (χ2v) is 6.01. The molecule has 1 aromatic carbocycles. The Bertz CT molecular complexity index is 938. The van der Waals surface area contributed by atoms with Crippen molar-refractivity contribution in [2.45, 2.75) is 39.2 Å². The minimum atomic E-state index is -0.358. The van der Waals surface area contributed by atoms with Gasteiger partial charge in [-0.15, -0.1) is 0 Å². The number of amides is 1. The number of rotatable bonds is 6. The number of fused-ring (bicyclic) bond motifs is 1. The van der Waals surface area contributed by atoms with Crippen LogP contribution in [0.15, 0.2) is 45.7 Å². The molecule has 0 atom stereocenters. The molecule has 0 unspecified atom stereocenters. The maximum Gasteiger partial charge on any atom is 0.268 e. The highest BCUT2D eigenvalue weighted by Crippen LogP contribution is 2.22. The average molecular weight is 339 g/mol. The Morgan fingerprint density at radius 3 is 2.76 bits per heavy atom. The summed E-state index contributed by atoms with van der Waals surface area (Å²) in [4.78, 5) is 27.0. The van der Waals surface area contributed by atoms with E-state index >= 15 is 0 Å². The molecule has 0 aliphatic heterocycles. The van der Waals surface area contributed by atoms with Crippen molar-refractivity contribution in [3.05, 3.63) is 63.9 Å². The van der Waals surface area contributed by atoms with Gasteiger partial charge in [0.05, 0.1) is 12.2 Å². The van der Waals surface area contributed by atoms with E-state index in [9.17, 15) is 9.59 Å². The third-order valence-corrected chi connectivity index (χ3v) is 4.40. The molecule has 0 saturated carbocycles. The highest BCUT2D eigenvalue weighted by molar-refractivity contribution is 5.96. The van der Waals surface area contributed by atoms with Crippen molar-refractivity contribution < 1.29 is 9.32 Å². The first kappa shape index (κ1) is 17.0. The summed E-state index contributed by atoms with van der Waals surface area (Å²) >= 11 is 0. The third kappa shape index (κ3) is 3.63. The number of carbonyl (C=O) groups excluding carboxylic acids is 1. The molecule has 2 N–H and O–H groups in total. The molecule has 25 heavy (non-hydrogen) atoms. The predicted octanol–water partition coefficient (Wildman–Crippen LogP) is 3.35. The Kier molecular flexibility index (Phi) is 4.97. The van der Waals surface area contributed by atoms with Crippen molar-refractivity contribution in [1.29, 1.82) is 0 Å². The van der Waals surface area contributed by atoms with Gasteiger partial charge in [-0.25, -0.2) is 0 Å². The number of hydrogen-bond donors (Lipinski definition) is 2. The van der Waals surface area contributed by atoms with Crippen molar-refractivity contribution in [2.24, 2.45) is 0 Å². The minimum absolute atomic E-state index is 0.223. The van der Waals surface area contributed by atoms with Crippen LogP contribution in [0.25, 0.3) is 10.8 Å². The summed E-state index contributed by atoms with van der Waals surface area (Å²) < 4.78 is 5.29. The number of aromatic amines is 1. The van der Waals surface area contributed by atoms with E-state index in [4.69, 9.17) is 4.52 Å². The molecule has 2 aromatic heterocycles. The molecule has 0 bridgehead atoms. The topological polar surface area (TPSA) is 88.0 Å².